The molecule has 1 aromatic carbocycles. The fourth-order valence-electron chi connectivity index (χ4n) is 2.64. The summed E-state index contributed by atoms with van der Waals surface area (Å²) in [6, 6.07) is 2.44. The lowest BCUT2D eigenvalue weighted by atomic mass is 10.2. The molecular weight excluding hydrogens is 352 g/mol. The number of nitrogens with zero attached hydrogens (tertiary/aromatic N) is 2. The highest BCUT2D eigenvalue weighted by atomic mass is 32.2. The number of hydrogen-bond donors (Lipinski definition) is 1. The SMILES string of the molecule is C#CCNC(=O)C(C)N1CCN(S(=O)(=O)c2c(F)cccc2F)CC1. The van der Waals surface area contributed by atoms with E-state index in [0.717, 1.165) is 22.5 Å². The molecule has 1 saturated heterocycles. The predicted octanol–water partition coefficient (Wildman–Crippen LogP) is 0.409. The summed E-state index contributed by atoms with van der Waals surface area (Å²) in [6.45, 7) is 2.39. The second kappa shape index (κ2) is 7.91. The molecule has 6 nitrogen and oxygen atoms in total. The van der Waals surface area contributed by atoms with E-state index in [1.807, 2.05) is 0 Å². The molecule has 0 radical (unpaired) electrons. The summed E-state index contributed by atoms with van der Waals surface area (Å²) in [6.07, 6.45) is 5.09. The number of carbonyl (C=O) groups excluding carboxylic acids is 1. The van der Waals surface area contributed by atoms with Crippen molar-refractivity contribution in [1.29, 1.82) is 0 Å². The molecule has 0 aliphatic carbocycles. The lowest BCUT2D eigenvalue weighted by molar-refractivity contribution is -0.126. The third-order valence-corrected chi connectivity index (χ3v) is 6.03. The Morgan fingerprint density at radius 3 is 2.36 bits per heavy atom. The molecule has 1 aliphatic rings. The molecule has 25 heavy (non-hydrogen) atoms. The predicted molar refractivity (Wildman–Crippen MR) is 88.0 cm³/mol. The van der Waals surface area contributed by atoms with Gasteiger partial charge in [0.2, 0.25) is 15.9 Å². The third kappa shape index (κ3) is 4.15. The van der Waals surface area contributed by atoms with Crippen LogP contribution in [0.3, 0.4) is 0 Å². The first-order chi connectivity index (χ1) is 11.8. The summed E-state index contributed by atoms with van der Waals surface area (Å²) < 4.78 is 53.6. The van der Waals surface area contributed by atoms with Gasteiger partial charge in [-0.25, -0.2) is 17.2 Å². The van der Waals surface area contributed by atoms with Crippen molar-refractivity contribution in [3.63, 3.8) is 0 Å². The Labute approximate surface area is 145 Å². The van der Waals surface area contributed by atoms with Gasteiger partial charge in [-0.15, -0.1) is 6.42 Å². The van der Waals surface area contributed by atoms with Gasteiger partial charge in [0.05, 0.1) is 12.6 Å². The molecule has 1 heterocycles. The minimum Gasteiger partial charge on any atom is -0.344 e. The molecule has 0 saturated carbocycles. The molecule has 1 aromatic rings. The largest absolute Gasteiger partial charge is 0.344 e. The highest BCUT2D eigenvalue weighted by molar-refractivity contribution is 7.89. The molecule has 0 bridgehead atoms. The first-order valence-electron chi connectivity index (χ1n) is 7.68. The van der Waals surface area contributed by atoms with E-state index in [2.05, 4.69) is 11.2 Å². The Balaban J connectivity index is 2.07. The van der Waals surface area contributed by atoms with E-state index in [0.29, 0.717) is 0 Å². The van der Waals surface area contributed by atoms with Crippen molar-refractivity contribution in [2.24, 2.45) is 0 Å². The van der Waals surface area contributed by atoms with E-state index < -0.39 is 32.6 Å². The summed E-state index contributed by atoms with van der Waals surface area (Å²) in [7, 11) is -4.28. The van der Waals surface area contributed by atoms with Crippen molar-refractivity contribution in [2.45, 2.75) is 17.9 Å². The number of benzene rings is 1. The Morgan fingerprint density at radius 1 is 1.28 bits per heavy atom. The van der Waals surface area contributed by atoms with Crippen molar-refractivity contribution < 1.29 is 22.0 Å². The number of nitrogens with one attached hydrogen (secondary N) is 1. The van der Waals surface area contributed by atoms with Crippen LogP contribution in [-0.2, 0) is 14.8 Å². The maximum Gasteiger partial charge on any atom is 0.249 e. The summed E-state index contributed by atoms with van der Waals surface area (Å²) in [5, 5.41) is 2.56. The third-order valence-electron chi connectivity index (χ3n) is 4.08. The second-order valence-corrected chi connectivity index (χ2v) is 7.46. The number of hydrogen-bond acceptors (Lipinski definition) is 4. The molecule has 136 valence electrons. The van der Waals surface area contributed by atoms with E-state index in [9.17, 15) is 22.0 Å². The van der Waals surface area contributed by atoms with Crippen LogP contribution in [0, 0.1) is 24.0 Å². The highest BCUT2D eigenvalue weighted by Crippen LogP contribution is 2.23. The molecule has 2 rings (SSSR count). The van der Waals surface area contributed by atoms with Crippen LogP contribution in [0.15, 0.2) is 23.1 Å². The number of halogens is 2. The average Bonchev–Trinajstić information content (AvgIpc) is 2.58. The number of carbonyl (C=O) groups is 1. The average molecular weight is 371 g/mol. The minimum absolute atomic E-state index is 0.0306. The second-order valence-electron chi connectivity index (χ2n) is 5.59. The number of piperazine rings is 1. The van der Waals surface area contributed by atoms with Crippen LogP contribution in [0.1, 0.15) is 6.92 Å². The highest BCUT2D eigenvalue weighted by Gasteiger charge is 2.34. The van der Waals surface area contributed by atoms with Gasteiger partial charge in [-0.05, 0) is 19.1 Å². The van der Waals surface area contributed by atoms with Crippen molar-refractivity contribution in [1.82, 2.24) is 14.5 Å². The van der Waals surface area contributed by atoms with Gasteiger partial charge in [-0.3, -0.25) is 9.69 Å². The molecule has 1 atom stereocenters. The van der Waals surface area contributed by atoms with Gasteiger partial charge in [-0.2, -0.15) is 4.31 Å². The van der Waals surface area contributed by atoms with Crippen LogP contribution < -0.4 is 5.32 Å². The monoisotopic (exact) mass is 371 g/mol. The van der Waals surface area contributed by atoms with E-state index in [4.69, 9.17) is 6.42 Å². The molecule has 9 heteroatoms. The topological polar surface area (TPSA) is 69.7 Å². The van der Waals surface area contributed by atoms with Gasteiger partial charge in [0.1, 0.15) is 11.6 Å². The Hall–Kier alpha value is -2.02. The number of terminal acetylenes is 1. The maximum atomic E-state index is 13.8. The molecule has 1 amide bonds. The van der Waals surface area contributed by atoms with Gasteiger partial charge < -0.3 is 5.32 Å². The molecular formula is C16H19F2N3O3S. The molecule has 1 unspecified atom stereocenters. The smallest absolute Gasteiger partial charge is 0.249 e. The zero-order chi connectivity index (χ0) is 18.6. The normalized spacial score (nSPS) is 17.7. The van der Waals surface area contributed by atoms with Crippen LogP contribution in [0.25, 0.3) is 0 Å². The minimum atomic E-state index is -4.28. The maximum absolute atomic E-state index is 13.8. The van der Waals surface area contributed by atoms with Gasteiger partial charge in [0, 0.05) is 26.2 Å². The number of sulfonamides is 1. The lowest BCUT2D eigenvalue weighted by Gasteiger charge is -2.36. The standard InChI is InChI=1S/C16H19F2N3O3S/c1-3-7-19-16(22)12(2)20-8-10-21(11-9-20)25(23,24)15-13(17)5-4-6-14(15)18/h1,4-6,12H,7-11H2,2H3,(H,19,22). The summed E-state index contributed by atoms with van der Waals surface area (Å²) in [5.41, 5.74) is 0. The van der Waals surface area contributed by atoms with Crippen molar-refractivity contribution in [3.8, 4) is 12.3 Å². The molecule has 1 N–H and O–H groups in total. The van der Waals surface area contributed by atoms with Crippen LogP contribution >= 0.6 is 0 Å². The van der Waals surface area contributed by atoms with Crippen LogP contribution in [0.5, 0.6) is 0 Å². The number of rotatable bonds is 5. The molecule has 1 aliphatic heterocycles. The fourth-order valence-corrected chi connectivity index (χ4v) is 4.17. The van der Waals surface area contributed by atoms with Crippen molar-refractivity contribution in [2.75, 3.05) is 32.7 Å². The molecule has 0 spiro atoms. The zero-order valence-electron chi connectivity index (χ0n) is 13.7. The first-order valence-corrected chi connectivity index (χ1v) is 9.12. The van der Waals surface area contributed by atoms with Crippen LogP contribution in [0.2, 0.25) is 0 Å². The number of amides is 1. The van der Waals surface area contributed by atoms with Gasteiger partial charge in [-0.1, -0.05) is 12.0 Å². The molecule has 1 fully saturated rings. The van der Waals surface area contributed by atoms with Crippen molar-refractivity contribution >= 4 is 15.9 Å². The molecule has 0 aromatic heterocycles. The van der Waals surface area contributed by atoms with E-state index in [-0.39, 0.29) is 38.6 Å². The quantitative estimate of drug-likeness (QED) is 0.762. The lowest BCUT2D eigenvalue weighted by Crippen LogP contribution is -2.55. The zero-order valence-corrected chi connectivity index (χ0v) is 14.5. The summed E-state index contributed by atoms with van der Waals surface area (Å²) >= 11 is 0. The van der Waals surface area contributed by atoms with Gasteiger partial charge >= 0.3 is 0 Å². The van der Waals surface area contributed by atoms with Gasteiger partial charge in [0.25, 0.3) is 0 Å². The summed E-state index contributed by atoms with van der Waals surface area (Å²) in [5.74, 6) is -0.194. The van der Waals surface area contributed by atoms with E-state index in [1.165, 1.54) is 0 Å². The van der Waals surface area contributed by atoms with Crippen LogP contribution in [-0.4, -0.2) is 62.3 Å². The van der Waals surface area contributed by atoms with Gasteiger partial charge in [0.15, 0.2) is 4.90 Å². The Kier molecular flexibility index (Phi) is 6.11. The Bertz CT molecular complexity index is 764. The van der Waals surface area contributed by atoms with Crippen LogP contribution in [0.4, 0.5) is 8.78 Å². The van der Waals surface area contributed by atoms with E-state index >= 15 is 0 Å². The Morgan fingerprint density at radius 2 is 1.84 bits per heavy atom. The van der Waals surface area contributed by atoms with E-state index in [1.54, 1.807) is 11.8 Å². The summed E-state index contributed by atoms with van der Waals surface area (Å²) in [4.78, 5) is 12.8. The fraction of sp³-hybridized carbons (Fsp3) is 0.438. The van der Waals surface area contributed by atoms with Crippen molar-refractivity contribution in [3.05, 3.63) is 29.8 Å². The first kappa shape index (κ1) is 19.3.